The molecule has 31 heavy (non-hydrogen) atoms. The SMILES string of the molecule is COc1ccc(C)cc1NC(=O)Nc1cccc(C(c2ccncc2)n2ccnc2)c1. The van der Waals surface area contributed by atoms with Crippen LogP contribution in [0, 0.1) is 6.92 Å². The van der Waals surface area contributed by atoms with E-state index in [4.69, 9.17) is 4.74 Å². The van der Waals surface area contributed by atoms with Gasteiger partial charge in [-0.15, -0.1) is 0 Å². The number of pyridine rings is 1. The second-order valence-electron chi connectivity index (χ2n) is 7.10. The number of aromatic nitrogens is 3. The fourth-order valence-electron chi connectivity index (χ4n) is 3.50. The van der Waals surface area contributed by atoms with Crippen molar-refractivity contribution in [2.75, 3.05) is 17.7 Å². The summed E-state index contributed by atoms with van der Waals surface area (Å²) in [6.07, 6.45) is 8.98. The van der Waals surface area contributed by atoms with Crippen molar-refractivity contribution in [3.05, 3.63) is 102 Å². The van der Waals surface area contributed by atoms with Crippen LogP contribution in [0.3, 0.4) is 0 Å². The van der Waals surface area contributed by atoms with Gasteiger partial charge in [-0.25, -0.2) is 9.78 Å². The second kappa shape index (κ2) is 9.13. The Morgan fingerprint density at radius 1 is 0.968 bits per heavy atom. The summed E-state index contributed by atoms with van der Waals surface area (Å²) in [5, 5.41) is 5.77. The van der Waals surface area contributed by atoms with Gasteiger partial charge in [-0.3, -0.25) is 4.98 Å². The number of ether oxygens (including phenoxy) is 1. The highest BCUT2D eigenvalue weighted by atomic mass is 16.5. The first-order chi connectivity index (χ1) is 15.1. The number of amides is 2. The van der Waals surface area contributed by atoms with Crippen molar-refractivity contribution in [2.45, 2.75) is 13.0 Å². The third-order valence-corrected chi connectivity index (χ3v) is 4.91. The van der Waals surface area contributed by atoms with Crippen LogP contribution in [0.5, 0.6) is 5.75 Å². The minimum absolute atomic E-state index is 0.0906. The van der Waals surface area contributed by atoms with Crippen molar-refractivity contribution in [2.24, 2.45) is 0 Å². The zero-order valence-corrected chi connectivity index (χ0v) is 17.3. The molecule has 1 unspecified atom stereocenters. The van der Waals surface area contributed by atoms with E-state index in [-0.39, 0.29) is 12.1 Å². The van der Waals surface area contributed by atoms with Gasteiger partial charge in [0.15, 0.2) is 0 Å². The quantitative estimate of drug-likeness (QED) is 0.472. The van der Waals surface area contributed by atoms with Gasteiger partial charge in [0.25, 0.3) is 0 Å². The monoisotopic (exact) mass is 413 g/mol. The summed E-state index contributed by atoms with van der Waals surface area (Å²) >= 11 is 0. The summed E-state index contributed by atoms with van der Waals surface area (Å²) in [6.45, 7) is 1.96. The van der Waals surface area contributed by atoms with Crippen LogP contribution < -0.4 is 15.4 Å². The standard InChI is InChI=1S/C24H23N5O2/c1-17-6-7-22(31-2)21(14-17)28-24(30)27-20-5-3-4-19(15-20)23(29-13-12-26-16-29)18-8-10-25-11-9-18/h3-16,23H,1-2H3,(H2,27,28,30). The predicted molar refractivity (Wildman–Crippen MR) is 121 cm³/mol. The molecule has 7 nitrogen and oxygen atoms in total. The van der Waals surface area contributed by atoms with Crippen molar-refractivity contribution in [3.63, 3.8) is 0 Å². The van der Waals surface area contributed by atoms with Gasteiger partial charge in [-0.1, -0.05) is 18.2 Å². The molecule has 4 aromatic rings. The third-order valence-electron chi connectivity index (χ3n) is 4.91. The van der Waals surface area contributed by atoms with Gasteiger partial charge in [0.05, 0.1) is 25.2 Å². The molecule has 2 aromatic heterocycles. The smallest absolute Gasteiger partial charge is 0.323 e. The Morgan fingerprint density at radius 2 is 1.81 bits per heavy atom. The average Bonchev–Trinajstić information content (AvgIpc) is 3.29. The first-order valence-electron chi connectivity index (χ1n) is 9.84. The lowest BCUT2D eigenvalue weighted by molar-refractivity contribution is 0.262. The largest absolute Gasteiger partial charge is 0.495 e. The number of aryl methyl sites for hydroxylation is 1. The first kappa shape index (κ1) is 20.2. The van der Waals surface area contributed by atoms with Crippen LogP contribution >= 0.6 is 0 Å². The highest BCUT2D eigenvalue weighted by Gasteiger charge is 2.17. The zero-order valence-electron chi connectivity index (χ0n) is 17.3. The number of rotatable bonds is 6. The molecule has 1 atom stereocenters. The number of hydrogen-bond acceptors (Lipinski definition) is 4. The van der Waals surface area contributed by atoms with E-state index in [0.717, 1.165) is 16.7 Å². The molecule has 2 heterocycles. The molecule has 4 rings (SSSR count). The van der Waals surface area contributed by atoms with Crippen LogP contribution in [0.15, 0.2) is 85.7 Å². The number of imidazole rings is 1. The summed E-state index contributed by atoms with van der Waals surface area (Å²) in [4.78, 5) is 21.0. The van der Waals surface area contributed by atoms with E-state index in [0.29, 0.717) is 17.1 Å². The van der Waals surface area contributed by atoms with Crippen molar-refractivity contribution >= 4 is 17.4 Å². The molecule has 0 saturated heterocycles. The Balaban J connectivity index is 1.58. The molecule has 156 valence electrons. The molecule has 0 saturated carbocycles. The summed E-state index contributed by atoms with van der Waals surface area (Å²) in [5.41, 5.74) is 4.40. The van der Waals surface area contributed by atoms with E-state index in [9.17, 15) is 4.79 Å². The normalized spacial score (nSPS) is 11.5. The lowest BCUT2D eigenvalue weighted by Gasteiger charge is -2.20. The molecule has 0 aliphatic carbocycles. The first-order valence-corrected chi connectivity index (χ1v) is 9.84. The van der Waals surface area contributed by atoms with Crippen LogP contribution in [-0.2, 0) is 0 Å². The summed E-state index contributed by atoms with van der Waals surface area (Å²) in [5.74, 6) is 0.604. The topological polar surface area (TPSA) is 81.1 Å². The molecule has 7 heteroatoms. The number of anilines is 2. The number of nitrogens with one attached hydrogen (secondary N) is 2. The Kier molecular flexibility index (Phi) is 5.93. The van der Waals surface area contributed by atoms with E-state index in [2.05, 4.69) is 20.6 Å². The Labute approximate surface area is 180 Å². The van der Waals surface area contributed by atoms with Crippen LogP contribution in [0.25, 0.3) is 0 Å². The van der Waals surface area contributed by atoms with Crippen molar-refractivity contribution in [1.82, 2.24) is 14.5 Å². The number of carbonyl (C=O) groups excluding carboxylic acids is 1. The lowest BCUT2D eigenvalue weighted by Crippen LogP contribution is -2.20. The number of carbonyl (C=O) groups is 1. The maximum absolute atomic E-state index is 12.6. The van der Waals surface area contributed by atoms with Gasteiger partial charge in [0, 0.05) is 30.5 Å². The van der Waals surface area contributed by atoms with Crippen molar-refractivity contribution in [3.8, 4) is 5.75 Å². The summed E-state index contributed by atoms with van der Waals surface area (Å²) in [7, 11) is 1.58. The average molecular weight is 413 g/mol. The molecular formula is C24H23N5O2. The van der Waals surface area contributed by atoms with Crippen molar-refractivity contribution in [1.29, 1.82) is 0 Å². The Hall–Kier alpha value is -4.13. The molecule has 0 aliphatic rings. The van der Waals surface area contributed by atoms with Gasteiger partial charge >= 0.3 is 6.03 Å². The van der Waals surface area contributed by atoms with E-state index in [1.54, 1.807) is 32.0 Å². The van der Waals surface area contributed by atoms with Crippen LogP contribution in [0.2, 0.25) is 0 Å². The second-order valence-corrected chi connectivity index (χ2v) is 7.10. The highest BCUT2D eigenvalue weighted by molar-refractivity contribution is 6.00. The van der Waals surface area contributed by atoms with Crippen LogP contribution in [0.4, 0.5) is 16.2 Å². The molecule has 0 aliphatic heterocycles. The molecule has 0 bridgehead atoms. The van der Waals surface area contributed by atoms with Gasteiger partial charge in [0.1, 0.15) is 5.75 Å². The molecular weight excluding hydrogens is 390 g/mol. The number of urea groups is 1. The minimum atomic E-state index is -0.343. The summed E-state index contributed by atoms with van der Waals surface area (Å²) in [6, 6.07) is 16.9. The minimum Gasteiger partial charge on any atom is -0.495 e. The Bertz CT molecular complexity index is 1160. The highest BCUT2D eigenvalue weighted by Crippen LogP contribution is 2.29. The third kappa shape index (κ3) is 4.72. The van der Waals surface area contributed by atoms with E-state index in [1.165, 1.54) is 0 Å². The van der Waals surface area contributed by atoms with Crippen LogP contribution in [-0.4, -0.2) is 27.7 Å². The zero-order chi connectivity index (χ0) is 21.6. The van der Waals surface area contributed by atoms with Gasteiger partial charge in [-0.2, -0.15) is 0 Å². The molecule has 0 spiro atoms. The molecule has 0 fully saturated rings. The predicted octanol–water partition coefficient (Wildman–Crippen LogP) is 4.88. The number of hydrogen-bond donors (Lipinski definition) is 2. The van der Waals surface area contributed by atoms with Gasteiger partial charge in [0.2, 0.25) is 0 Å². The maximum atomic E-state index is 12.6. The number of methoxy groups -OCH3 is 1. The molecule has 2 aromatic carbocycles. The Morgan fingerprint density at radius 3 is 2.55 bits per heavy atom. The fraction of sp³-hybridized carbons (Fsp3) is 0.125. The molecule has 0 radical (unpaired) electrons. The fourth-order valence-corrected chi connectivity index (χ4v) is 3.50. The molecule has 2 amide bonds. The summed E-state index contributed by atoms with van der Waals surface area (Å²) < 4.78 is 7.36. The molecule has 2 N–H and O–H groups in total. The van der Waals surface area contributed by atoms with Crippen LogP contribution in [0.1, 0.15) is 22.7 Å². The van der Waals surface area contributed by atoms with Gasteiger partial charge in [-0.05, 0) is 60.0 Å². The van der Waals surface area contributed by atoms with E-state index < -0.39 is 0 Å². The van der Waals surface area contributed by atoms with Gasteiger partial charge < -0.3 is 19.9 Å². The number of benzene rings is 2. The maximum Gasteiger partial charge on any atom is 0.323 e. The lowest BCUT2D eigenvalue weighted by atomic mass is 9.99. The number of nitrogens with zero attached hydrogens (tertiary/aromatic N) is 3. The van der Waals surface area contributed by atoms with E-state index in [1.807, 2.05) is 72.3 Å². The van der Waals surface area contributed by atoms with Crippen molar-refractivity contribution < 1.29 is 9.53 Å². The van der Waals surface area contributed by atoms with E-state index >= 15 is 0 Å².